The van der Waals surface area contributed by atoms with Crippen LogP contribution in [0.1, 0.15) is 103 Å². The van der Waals surface area contributed by atoms with Crippen molar-refractivity contribution in [1.29, 1.82) is 0 Å². The minimum absolute atomic E-state index is 0.214. The number of nitrogens with zero attached hydrogens (tertiary/aromatic N) is 4. The molecule has 8 nitrogen and oxygen atoms in total. The number of azide groups is 1. The molecule has 0 saturated carbocycles. The average molecular weight is 524 g/mol. The first-order chi connectivity index (χ1) is 16.9. The lowest BCUT2D eigenvalue weighted by atomic mass is 10.0. The zero-order chi connectivity index (χ0) is 27.7. The topological polar surface area (TPSA) is 118 Å². The van der Waals surface area contributed by atoms with Gasteiger partial charge in [-0.15, -0.1) is 0 Å². The Bertz CT molecular complexity index is 605. The van der Waals surface area contributed by atoms with E-state index in [9.17, 15) is 18.0 Å². The lowest BCUT2D eigenvalue weighted by Gasteiger charge is -2.23. The molecule has 0 heterocycles. The predicted octanol–water partition coefficient (Wildman–Crippen LogP) is 5.66. The summed E-state index contributed by atoms with van der Waals surface area (Å²) in [4.78, 5) is 23.3. The van der Waals surface area contributed by atoms with Crippen LogP contribution in [0, 0.1) is 0 Å². The largest absolute Gasteiger partial charge is 0.542 e. The quantitative estimate of drug-likeness (QED) is 0.0687. The molecule has 1 amide bonds. The number of nitrogens with one attached hydrogen (secondary N) is 1. The van der Waals surface area contributed by atoms with E-state index in [4.69, 9.17) is 15.4 Å². The van der Waals surface area contributed by atoms with Crippen LogP contribution >= 0.6 is 0 Å². The summed E-state index contributed by atoms with van der Waals surface area (Å²) < 4.78 is 32.4. The van der Waals surface area contributed by atoms with E-state index in [1.165, 1.54) is 83.5 Å². The van der Waals surface area contributed by atoms with Crippen molar-refractivity contribution >= 4 is 11.9 Å². The number of likely N-dealkylation sites (N-methyl/N-ethyl adjacent to an activating group) is 1. The smallest absolute Gasteiger partial charge is 0.430 e. The third-order valence-electron chi connectivity index (χ3n) is 5.56. The number of hydrogen-bond donors (Lipinski definition) is 1. The Kier molecular flexibility index (Phi) is 23.5. The van der Waals surface area contributed by atoms with Gasteiger partial charge in [0.05, 0.1) is 34.2 Å². The SMILES string of the molecule is C[N+](C)(C)CCNC(=O)CCCCCCCCCCCCCCCCCN=[N+]=[N-].O=C([O-])C(F)(F)F. The fraction of sp³-hybridized carbons (Fsp3) is 0.920. The number of carboxylic acids is 1. The Hall–Kier alpha value is -2.00. The van der Waals surface area contributed by atoms with E-state index in [1.807, 2.05) is 0 Å². The van der Waals surface area contributed by atoms with E-state index in [0.717, 1.165) is 30.4 Å². The van der Waals surface area contributed by atoms with Crippen LogP contribution in [0.3, 0.4) is 0 Å². The lowest BCUT2D eigenvalue weighted by Crippen LogP contribution is -2.41. The third kappa shape index (κ3) is 32.0. The molecule has 0 aromatic heterocycles. The Morgan fingerprint density at radius 1 is 0.806 bits per heavy atom. The summed E-state index contributed by atoms with van der Waals surface area (Å²) in [5, 5.41) is 15.4. The number of unbranched alkanes of at least 4 members (excludes halogenated alkanes) is 14. The molecule has 0 aromatic carbocycles. The molecular weight excluding hydrogens is 475 g/mol. The molecular formula is C25H48F3N5O3. The van der Waals surface area contributed by atoms with Gasteiger partial charge < -0.3 is 19.7 Å². The number of hydrogen-bond acceptors (Lipinski definition) is 4. The predicted molar refractivity (Wildman–Crippen MR) is 135 cm³/mol. The fourth-order valence-electron chi connectivity index (χ4n) is 3.43. The van der Waals surface area contributed by atoms with Crippen LogP contribution in [0.2, 0.25) is 0 Å². The maximum atomic E-state index is 11.8. The molecule has 11 heteroatoms. The molecule has 0 aliphatic carbocycles. The van der Waals surface area contributed by atoms with Crippen molar-refractivity contribution in [3.05, 3.63) is 10.4 Å². The molecule has 0 fully saturated rings. The van der Waals surface area contributed by atoms with E-state index in [0.29, 0.717) is 13.0 Å². The van der Waals surface area contributed by atoms with Gasteiger partial charge in [-0.25, -0.2) is 0 Å². The number of halogens is 3. The van der Waals surface area contributed by atoms with E-state index < -0.39 is 12.1 Å². The first kappa shape index (κ1) is 36.2. The highest BCUT2D eigenvalue weighted by Crippen LogP contribution is 2.14. The molecule has 0 bridgehead atoms. The first-order valence-electron chi connectivity index (χ1n) is 13.3. The highest BCUT2D eigenvalue weighted by atomic mass is 19.4. The Morgan fingerprint density at radius 2 is 1.17 bits per heavy atom. The lowest BCUT2D eigenvalue weighted by molar-refractivity contribution is -0.869. The van der Waals surface area contributed by atoms with Gasteiger partial charge in [-0.2, -0.15) is 13.2 Å². The van der Waals surface area contributed by atoms with E-state index in [2.05, 4.69) is 36.5 Å². The molecule has 0 radical (unpaired) electrons. The van der Waals surface area contributed by atoms with Gasteiger partial charge in [0.25, 0.3) is 0 Å². The van der Waals surface area contributed by atoms with Crippen molar-refractivity contribution in [2.24, 2.45) is 5.11 Å². The summed E-state index contributed by atoms with van der Waals surface area (Å²) in [6, 6.07) is 0. The number of alkyl halides is 3. The van der Waals surface area contributed by atoms with Gasteiger partial charge in [0.1, 0.15) is 5.97 Å². The first-order valence-corrected chi connectivity index (χ1v) is 13.3. The van der Waals surface area contributed by atoms with Gasteiger partial charge in [0, 0.05) is 17.9 Å². The molecule has 0 unspecified atom stereocenters. The number of quaternary nitrogens is 1. The fourth-order valence-corrected chi connectivity index (χ4v) is 3.43. The van der Waals surface area contributed by atoms with Crippen molar-refractivity contribution < 1.29 is 32.3 Å². The molecule has 0 aliphatic heterocycles. The van der Waals surface area contributed by atoms with E-state index in [1.54, 1.807) is 0 Å². The van der Waals surface area contributed by atoms with E-state index >= 15 is 0 Å². The molecule has 0 rings (SSSR count). The number of rotatable bonds is 21. The van der Waals surface area contributed by atoms with Gasteiger partial charge >= 0.3 is 6.18 Å². The number of aliphatic carboxylic acids is 1. The second-order valence-electron chi connectivity index (χ2n) is 10.2. The summed E-state index contributed by atoms with van der Waals surface area (Å²) >= 11 is 0. The van der Waals surface area contributed by atoms with Crippen LogP contribution < -0.4 is 10.4 Å². The second kappa shape index (κ2) is 23.4. The van der Waals surface area contributed by atoms with Gasteiger partial charge in [0.2, 0.25) is 5.91 Å². The third-order valence-corrected chi connectivity index (χ3v) is 5.56. The van der Waals surface area contributed by atoms with Crippen molar-refractivity contribution in [2.75, 3.05) is 40.8 Å². The minimum Gasteiger partial charge on any atom is -0.542 e. The molecule has 0 spiro atoms. The van der Waals surface area contributed by atoms with Gasteiger partial charge in [-0.05, 0) is 18.4 Å². The Balaban J connectivity index is 0. The molecule has 36 heavy (non-hydrogen) atoms. The molecule has 0 atom stereocenters. The zero-order valence-corrected chi connectivity index (χ0v) is 22.6. The Labute approximate surface area is 215 Å². The van der Waals surface area contributed by atoms with Crippen molar-refractivity contribution in [1.82, 2.24) is 5.32 Å². The summed E-state index contributed by atoms with van der Waals surface area (Å²) in [6.07, 6.45) is 14.7. The minimum atomic E-state index is -5.19. The summed E-state index contributed by atoms with van der Waals surface area (Å²) in [7, 11) is 6.44. The van der Waals surface area contributed by atoms with Crippen LogP contribution in [-0.2, 0) is 9.59 Å². The Morgan fingerprint density at radius 3 is 1.50 bits per heavy atom. The highest BCUT2D eigenvalue weighted by molar-refractivity contribution is 5.75. The van der Waals surface area contributed by atoms with Crippen LogP contribution in [0.5, 0.6) is 0 Å². The second-order valence-corrected chi connectivity index (χ2v) is 10.2. The van der Waals surface area contributed by atoms with Crippen LogP contribution in [0.25, 0.3) is 10.4 Å². The van der Waals surface area contributed by atoms with Crippen LogP contribution in [0.4, 0.5) is 13.2 Å². The van der Waals surface area contributed by atoms with Crippen LogP contribution in [-0.4, -0.2) is 63.3 Å². The monoisotopic (exact) mass is 523 g/mol. The van der Waals surface area contributed by atoms with Crippen molar-refractivity contribution in [3.8, 4) is 0 Å². The van der Waals surface area contributed by atoms with Gasteiger partial charge in [0.15, 0.2) is 0 Å². The number of amides is 1. The number of carboxylic acid groups (broad SMARTS) is 1. The molecule has 0 aliphatic rings. The van der Waals surface area contributed by atoms with Gasteiger partial charge in [-0.1, -0.05) is 88.6 Å². The molecule has 0 aromatic rings. The maximum Gasteiger partial charge on any atom is 0.430 e. The maximum absolute atomic E-state index is 11.8. The van der Waals surface area contributed by atoms with E-state index in [-0.39, 0.29) is 5.91 Å². The summed E-state index contributed by atoms with van der Waals surface area (Å²) in [5.74, 6) is -2.79. The number of carbonyl (C=O) groups excluding carboxylic acids is 2. The standard InChI is InChI=1S/C23H47N5O.C2HF3O2/c1-28(2,3)22-21-25-23(29)19-17-15-13-11-9-7-5-4-6-8-10-12-14-16-18-20-26-27-24;3-2(4,5)1(6)7/h4-22H2,1-3H3;(H,6,7). The zero-order valence-electron chi connectivity index (χ0n) is 22.6. The highest BCUT2D eigenvalue weighted by Gasteiger charge is 2.28. The normalized spacial score (nSPS) is 11.3. The van der Waals surface area contributed by atoms with Crippen molar-refractivity contribution in [2.45, 2.75) is 109 Å². The van der Waals surface area contributed by atoms with Crippen molar-refractivity contribution in [3.63, 3.8) is 0 Å². The van der Waals surface area contributed by atoms with Gasteiger partial charge in [-0.3, -0.25) is 4.79 Å². The molecule has 1 N–H and O–H groups in total. The van der Waals surface area contributed by atoms with Crippen LogP contribution in [0.15, 0.2) is 5.11 Å². The molecule has 0 saturated heterocycles. The average Bonchev–Trinajstić information content (AvgIpc) is 2.77. The number of carbonyl (C=O) groups is 2. The summed E-state index contributed by atoms with van der Waals surface area (Å²) in [5.41, 5.74) is 8.20. The molecule has 212 valence electrons. The summed E-state index contributed by atoms with van der Waals surface area (Å²) in [6.45, 7) is 2.41.